The average Bonchev–Trinajstić information content (AvgIpc) is 2.67. The lowest BCUT2D eigenvalue weighted by molar-refractivity contribution is 0.355. The van der Waals surface area contributed by atoms with Crippen LogP contribution in [0.1, 0.15) is 5.69 Å². The second-order valence-corrected chi connectivity index (χ2v) is 6.06. The first-order valence-corrected chi connectivity index (χ1v) is 8.34. The van der Waals surface area contributed by atoms with Crippen LogP contribution in [0.15, 0.2) is 48.7 Å². The van der Waals surface area contributed by atoms with Gasteiger partial charge >= 0.3 is 0 Å². The van der Waals surface area contributed by atoms with Crippen LogP contribution in [-0.4, -0.2) is 24.2 Å². The number of fused-ring (bicyclic) bond motifs is 2. The molecule has 2 aromatic heterocycles. The number of nitrogens with zero attached hydrogens (tertiary/aromatic N) is 2. The molecule has 4 rings (SSSR count). The van der Waals surface area contributed by atoms with E-state index in [2.05, 4.69) is 9.97 Å². The summed E-state index contributed by atoms with van der Waals surface area (Å²) in [6, 6.07) is 11.6. The van der Waals surface area contributed by atoms with Crippen molar-refractivity contribution in [2.24, 2.45) is 0 Å². The summed E-state index contributed by atoms with van der Waals surface area (Å²) in [6.07, 6.45) is 1.65. The molecule has 0 aliphatic rings. The highest BCUT2D eigenvalue weighted by Crippen LogP contribution is 2.38. The predicted octanol–water partition coefficient (Wildman–Crippen LogP) is 5.04. The lowest BCUT2D eigenvalue weighted by atomic mass is 10.1. The van der Waals surface area contributed by atoms with Crippen LogP contribution < -0.4 is 14.2 Å². The first-order valence-electron chi connectivity index (χ1n) is 8.34. The fourth-order valence-corrected chi connectivity index (χ4v) is 3.03. The first-order chi connectivity index (χ1) is 13.1. The van der Waals surface area contributed by atoms with E-state index in [1.165, 1.54) is 12.1 Å². The van der Waals surface area contributed by atoms with Gasteiger partial charge in [-0.05, 0) is 37.3 Å². The van der Waals surface area contributed by atoms with Gasteiger partial charge in [-0.1, -0.05) is 0 Å². The largest absolute Gasteiger partial charge is 0.493 e. The monoisotopic (exact) mass is 364 g/mol. The van der Waals surface area contributed by atoms with Crippen molar-refractivity contribution in [3.05, 3.63) is 60.2 Å². The lowest BCUT2D eigenvalue weighted by Crippen LogP contribution is -1.95. The zero-order valence-electron chi connectivity index (χ0n) is 15.1. The van der Waals surface area contributed by atoms with Crippen LogP contribution in [0.5, 0.6) is 23.0 Å². The van der Waals surface area contributed by atoms with Gasteiger partial charge in [0, 0.05) is 34.8 Å². The number of pyridine rings is 2. The molecule has 0 fully saturated rings. The molecule has 136 valence electrons. The number of hydrogen-bond acceptors (Lipinski definition) is 5. The van der Waals surface area contributed by atoms with Crippen LogP contribution in [0.2, 0.25) is 0 Å². The van der Waals surface area contributed by atoms with E-state index in [9.17, 15) is 4.39 Å². The highest BCUT2D eigenvalue weighted by Gasteiger charge is 2.13. The van der Waals surface area contributed by atoms with E-state index >= 15 is 0 Å². The van der Waals surface area contributed by atoms with Gasteiger partial charge in [0.05, 0.1) is 25.3 Å². The summed E-state index contributed by atoms with van der Waals surface area (Å²) in [7, 11) is 3.15. The third-order valence-corrected chi connectivity index (χ3v) is 4.29. The fraction of sp³-hybridized carbons (Fsp3) is 0.143. The molecule has 2 heterocycles. The molecule has 0 N–H and O–H groups in total. The Labute approximate surface area is 155 Å². The molecule has 0 atom stereocenters. The summed E-state index contributed by atoms with van der Waals surface area (Å²) in [5.41, 5.74) is 2.15. The van der Waals surface area contributed by atoms with E-state index in [1.54, 1.807) is 44.7 Å². The van der Waals surface area contributed by atoms with Crippen molar-refractivity contribution >= 4 is 21.8 Å². The summed E-state index contributed by atoms with van der Waals surface area (Å²) in [6.45, 7) is 1.87. The minimum Gasteiger partial charge on any atom is -0.493 e. The number of aryl methyl sites for hydroxylation is 1. The second kappa shape index (κ2) is 6.72. The van der Waals surface area contributed by atoms with E-state index in [0.29, 0.717) is 39.4 Å². The molecule has 4 aromatic rings. The van der Waals surface area contributed by atoms with Crippen molar-refractivity contribution in [1.29, 1.82) is 0 Å². The predicted molar refractivity (Wildman–Crippen MR) is 101 cm³/mol. The quantitative estimate of drug-likeness (QED) is 0.508. The summed E-state index contributed by atoms with van der Waals surface area (Å²) in [5, 5.41) is 1.36. The number of methoxy groups -OCH3 is 2. The van der Waals surface area contributed by atoms with Crippen molar-refractivity contribution in [3.63, 3.8) is 0 Å². The zero-order valence-corrected chi connectivity index (χ0v) is 15.1. The molecule has 27 heavy (non-hydrogen) atoms. The Hall–Kier alpha value is -3.41. The Bertz CT molecular complexity index is 1160. The van der Waals surface area contributed by atoms with Crippen molar-refractivity contribution in [2.45, 2.75) is 6.92 Å². The third-order valence-electron chi connectivity index (χ3n) is 4.29. The third kappa shape index (κ3) is 3.10. The molecular weight excluding hydrogens is 347 g/mol. The smallest absolute Gasteiger partial charge is 0.162 e. The Morgan fingerprint density at radius 3 is 2.30 bits per heavy atom. The zero-order chi connectivity index (χ0) is 19.0. The molecule has 0 saturated heterocycles. The Morgan fingerprint density at radius 1 is 0.778 bits per heavy atom. The van der Waals surface area contributed by atoms with E-state index in [4.69, 9.17) is 14.2 Å². The first kappa shape index (κ1) is 17.0. The molecule has 0 spiro atoms. The number of rotatable bonds is 4. The Kier molecular flexibility index (Phi) is 4.24. The maximum Gasteiger partial charge on any atom is 0.162 e. The normalized spacial score (nSPS) is 11.0. The molecular formula is C21H17FN2O3. The van der Waals surface area contributed by atoms with Gasteiger partial charge in [-0.3, -0.25) is 9.97 Å². The van der Waals surface area contributed by atoms with Gasteiger partial charge in [0.15, 0.2) is 11.5 Å². The van der Waals surface area contributed by atoms with E-state index in [0.717, 1.165) is 11.1 Å². The van der Waals surface area contributed by atoms with Crippen molar-refractivity contribution < 1.29 is 18.6 Å². The number of halogens is 1. The molecule has 5 nitrogen and oxygen atoms in total. The van der Waals surface area contributed by atoms with E-state index < -0.39 is 0 Å². The van der Waals surface area contributed by atoms with Crippen LogP contribution >= 0.6 is 0 Å². The van der Waals surface area contributed by atoms with Gasteiger partial charge in [0.1, 0.15) is 17.3 Å². The second-order valence-electron chi connectivity index (χ2n) is 6.06. The van der Waals surface area contributed by atoms with Crippen molar-refractivity contribution in [3.8, 4) is 23.0 Å². The minimum atomic E-state index is -0.344. The standard InChI is InChI=1S/C21H17FN2O3/c1-12-8-19(14-9-13(22)4-5-16(14)24-12)27-18-6-7-23-17-11-21(26-3)20(25-2)10-15(17)18/h4-11H,1-3H3. The maximum absolute atomic E-state index is 13.8. The maximum atomic E-state index is 13.8. The van der Waals surface area contributed by atoms with Crippen LogP contribution in [0.25, 0.3) is 21.8 Å². The number of aromatic nitrogens is 2. The number of benzene rings is 2. The highest BCUT2D eigenvalue weighted by atomic mass is 19.1. The van der Waals surface area contributed by atoms with Crippen molar-refractivity contribution in [1.82, 2.24) is 9.97 Å². The molecule has 0 aliphatic carbocycles. The van der Waals surface area contributed by atoms with E-state index in [-0.39, 0.29) is 5.82 Å². The molecule has 0 saturated carbocycles. The van der Waals surface area contributed by atoms with Crippen molar-refractivity contribution in [2.75, 3.05) is 14.2 Å². The highest BCUT2D eigenvalue weighted by molar-refractivity contribution is 5.90. The van der Waals surface area contributed by atoms with Gasteiger partial charge in [-0.2, -0.15) is 0 Å². The van der Waals surface area contributed by atoms with E-state index in [1.807, 2.05) is 13.0 Å². The topological polar surface area (TPSA) is 53.5 Å². The number of ether oxygens (including phenoxy) is 3. The van der Waals surface area contributed by atoms with Crippen LogP contribution in [0.4, 0.5) is 4.39 Å². The summed E-state index contributed by atoms with van der Waals surface area (Å²) >= 11 is 0. The van der Waals surface area contributed by atoms with Gasteiger partial charge < -0.3 is 14.2 Å². The molecule has 0 unspecified atom stereocenters. The fourth-order valence-electron chi connectivity index (χ4n) is 3.03. The van der Waals surface area contributed by atoms with Gasteiger partial charge in [-0.25, -0.2) is 4.39 Å². The Morgan fingerprint density at radius 2 is 1.52 bits per heavy atom. The molecule has 2 aromatic carbocycles. The lowest BCUT2D eigenvalue weighted by Gasteiger charge is -2.14. The average molecular weight is 364 g/mol. The molecule has 6 heteroatoms. The number of hydrogen-bond donors (Lipinski definition) is 0. The minimum absolute atomic E-state index is 0.344. The summed E-state index contributed by atoms with van der Waals surface area (Å²) < 4.78 is 30.7. The molecule has 0 radical (unpaired) electrons. The SMILES string of the molecule is COc1cc2nccc(Oc3cc(C)nc4ccc(F)cc34)c2cc1OC. The molecule has 0 aliphatic heterocycles. The van der Waals surface area contributed by atoms with Crippen LogP contribution in [-0.2, 0) is 0 Å². The summed E-state index contributed by atoms with van der Waals surface area (Å²) in [4.78, 5) is 8.81. The van der Waals surface area contributed by atoms with Crippen LogP contribution in [0, 0.1) is 12.7 Å². The molecule has 0 amide bonds. The van der Waals surface area contributed by atoms with Crippen LogP contribution in [0.3, 0.4) is 0 Å². The Balaban J connectivity index is 1.89. The van der Waals surface area contributed by atoms with Gasteiger partial charge in [-0.15, -0.1) is 0 Å². The van der Waals surface area contributed by atoms with Gasteiger partial charge in [0.2, 0.25) is 0 Å². The van der Waals surface area contributed by atoms with Gasteiger partial charge in [0.25, 0.3) is 0 Å². The molecule has 0 bridgehead atoms. The summed E-state index contributed by atoms with van der Waals surface area (Å²) in [5.74, 6) is 1.92.